The Morgan fingerprint density at radius 1 is 1.37 bits per heavy atom. The van der Waals surface area contributed by atoms with Crippen LogP contribution in [0.1, 0.15) is 17.4 Å². The van der Waals surface area contributed by atoms with Gasteiger partial charge in [0.05, 0.1) is 0 Å². The highest BCUT2D eigenvalue weighted by molar-refractivity contribution is 14.1. The van der Waals surface area contributed by atoms with Gasteiger partial charge in [-0.2, -0.15) is 5.10 Å². The normalized spacial score (nSPS) is 10.5. The van der Waals surface area contributed by atoms with Gasteiger partial charge in [-0.25, -0.2) is 0 Å². The van der Waals surface area contributed by atoms with Crippen molar-refractivity contribution in [3.05, 3.63) is 43.7 Å². The summed E-state index contributed by atoms with van der Waals surface area (Å²) in [5, 5.41) is 7.26. The first-order chi connectivity index (χ1) is 9.02. The van der Waals surface area contributed by atoms with Crippen LogP contribution in [0.25, 0.3) is 0 Å². The summed E-state index contributed by atoms with van der Waals surface area (Å²) in [5.41, 5.74) is 0.815. The molecule has 2 aromatic rings. The Morgan fingerprint density at radius 3 is 2.53 bits per heavy atom. The van der Waals surface area contributed by atoms with E-state index in [0.717, 1.165) is 3.57 Å². The number of carbonyl (C=O) groups excluding carboxylic acids is 1. The minimum Gasteiger partial charge on any atom is -0.321 e. The quantitative estimate of drug-likeness (QED) is 0.776. The van der Waals surface area contributed by atoms with Crippen LogP contribution in [0.5, 0.6) is 0 Å². The average molecular weight is 410 g/mol. The predicted molar refractivity (Wildman–Crippen MR) is 85.0 cm³/mol. The molecule has 0 fully saturated rings. The molecular formula is C12H10Cl2IN3O. The first-order valence-electron chi connectivity index (χ1n) is 5.51. The van der Waals surface area contributed by atoms with Gasteiger partial charge in [-0.15, -0.1) is 0 Å². The average Bonchev–Trinajstić information content (AvgIpc) is 2.69. The number of aryl methyl sites for hydroxylation is 1. The second-order valence-electron chi connectivity index (χ2n) is 3.73. The summed E-state index contributed by atoms with van der Waals surface area (Å²) in [4.78, 5) is 12.1. The van der Waals surface area contributed by atoms with E-state index in [4.69, 9.17) is 23.2 Å². The van der Waals surface area contributed by atoms with Gasteiger partial charge in [-0.05, 0) is 53.8 Å². The van der Waals surface area contributed by atoms with Crippen molar-refractivity contribution >= 4 is 57.4 Å². The van der Waals surface area contributed by atoms with Crippen molar-refractivity contribution in [1.82, 2.24) is 9.78 Å². The van der Waals surface area contributed by atoms with E-state index in [0.29, 0.717) is 12.2 Å². The molecule has 0 saturated heterocycles. The van der Waals surface area contributed by atoms with Crippen molar-refractivity contribution in [3.63, 3.8) is 0 Å². The number of hydrogen-bond donors (Lipinski definition) is 1. The number of halogens is 3. The lowest BCUT2D eigenvalue weighted by molar-refractivity contribution is 0.102. The van der Waals surface area contributed by atoms with Crippen LogP contribution >= 0.6 is 45.8 Å². The molecule has 0 atom stereocenters. The first kappa shape index (κ1) is 14.6. The van der Waals surface area contributed by atoms with Crippen LogP contribution < -0.4 is 5.32 Å². The molecule has 19 heavy (non-hydrogen) atoms. The molecule has 1 N–H and O–H groups in total. The van der Waals surface area contributed by atoms with Gasteiger partial charge < -0.3 is 5.32 Å². The molecule has 0 bridgehead atoms. The molecule has 7 heteroatoms. The van der Waals surface area contributed by atoms with E-state index in [2.05, 4.69) is 33.0 Å². The maximum absolute atomic E-state index is 12.1. The number of benzene rings is 1. The van der Waals surface area contributed by atoms with E-state index >= 15 is 0 Å². The monoisotopic (exact) mass is 409 g/mol. The van der Waals surface area contributed by atoms with Crippen LogP contribution in [-0.4, -0.2) is 15.7 Å². The van der Waals surface area contributed by atoms with Gasteiger partial charge in [-0.3, -0.25) is 9.48 Å². The van der Waals surface area contributed by atoms with Gasteiger partial charge in [0.15, 0.2) is 5.69 Å². The van der Waals surface area contributed by atoms with Crippen LogP contribution in [0.3, 0.4) is 0 Å². The zero-order valence-corrected chi connectivity index (χ0v) is 13.6. The molecule has 1 aromatic carbocycles. The second-order valence-corrected chi connectivity index (χ2v) is 5.71. The first-order valence-corrected chi connectivity index (χ1v) is 7.35. The number of aromatic nitrogens is 2. The Kier molecular flexibility index (Phi) is 4.70. The Hall–Kier alpha value is -0.790. The lowest BCUT2D eigenvalue weighted by Gasteiger charge is -2.03. The number of nitrogens with zero attached hydrogens (tertiary/aromatic N) is 2. The summed E-state index contributed by atoms with van der Waals surface area (Å²) in [6.45, 7) is 2.42. The van der Waals surface area contributed by atoms with E-state index in [9.17, 15) is 4.79 Å². The van der Waals surface area contributed by atoms with Gasteiger partial charge >= 0.3 is 0 Å². The van der Waals surface area contributed by atoms with Crippen molar-refractivity contribution in [2.75, 3.05) is 5.32 Å². The SMILES string of the molecule is CCn1nc(C(=O)Nc2ccc(I)cc2)c(Cl)c1Cl. The number of rotatable bonds is 3. The fraction of sp³-hybridized carbons (Fsp3) is 0.167. The fourth-order valence-electron chi connectivity index (χ4n) is 1.50. The minimum atomic E-state index is -0.375. The third-order valence-electron chi connectivity index (χ3n) is 2.45. The number of carbonyl (C=O) groups is 1. The lowest BCUT2D eigenvalue weighted by Crippen LogP contribution is -2.13. The zero-order valence-electron chi connectivity index (χ0n) is 9.95. The topological polar surface area (TPSA) is 46.9 Å². The van der Waals surface area contributed by atoms with Crippen LogP contribution in [0.4, 0.5) is 5.69 Å². The molecule has 0 aliphatic heterocycles. The maximum Gasteiger partial charge on any atom is 0.277 e. The lowest BCUT2D eigenvalue weighted by atomic mass is 10.3. The molecule has 100 valence electrons. The van der Waals surface area contributed by atoms with Crippen molar-refractivity contribution in [3.8, 4) is 0 Å². The van der Waals surface area contributed by atoms with E-state index in [1.807, 2.05) is 31.2 Å². The molecule has 0 aliphatic carbocycles. The van der Waals surface area contributed by atoms with Crippen molar-refractivity contribution in [2.24, 2.45) is 0 Å². The third-order valence-corrected chi connectivity index (χ3v) is 4.01. The van der Waals surface area contributed by atoms with E-state index in [1.165, 1.54) is 4.68 Å². The van der Waals surface area contributed by atoms with Crippen LogP contribution in [-0.2, 0) is 6.54 Å². The molecular weight excluding hydrogens is 400 g/mol. The summed E-state index contributed by atoms with van der Waals surface area (Å²) >= 11 is 14.2. The Morgan fingerprint density at radius 2 is 2.00 bits per heavy atom. The fourth-order valence-corrected chi connectivity index (χ4v) is 2.33. The smallest absolute Gasteiger partial charge is 0.277 e. The summed E-state index contributed by atoms with van der Waals surface area (Å²) in [7, 11) is 0. The van der Waals surface area contributed by atoms with Gasteiger partial charge in [0, 0.05) is 15.8 Å². The number of anilines is 1. The molecule has 0 unspecified atom stereocenters. The number of hydrogen-bond acceptors (Lipinski definition) is 2. The summed E-state index contributed by atoms with van der Waals surface area (Å²) < 4.78 is 2.57. The second kappa shape index (κ2) is 6.11. The number of nitrogens with one attached hydrogen (secondary N) is 1. The minimum absolute atomic E-state index is 0.132. The van der Waals surface area contributed by atoms with Crippen molar-refractivity contribution in [1.29, 1.82) is 0 Å². The van der Waals surface area contributed by atoms with Gasteiger partial charge in [0.1, 0.15) is 10.2 Å². The van der Waals surface area contributed by atoms with Gasteiger partial charge in [0.2, 0.25) is 0 Å². The third kappa shape index (κ3) is 3.21. The molecule has 1 heterocycles. The largest absolute Gasteiger partial charge is 0.321 e. The molecule has 0 aliphatic rings. The molecule has 1 amide bonds. The highest BCUT2D eigenvalue weighted by atomic mass is 127. The molecule has 0 spiro atoms. The van der Waals surface area contributed by atoms with Crippen molar-refractivity contribution in [2.45, 2.75) is 13.5 Å². The summed E-state index contributed by atoms with van der Waals surface area (Å²) in [6.07, 6.45) is 0. The van der Waals surface area contributed by atoms with Crippen LogP contribution in [0.15, 0.2) is 24.3 Å². The highest BCUT2D eigenvalue weighted by Gasteiger charge is 2.20. The number of amides is 1. The standard InChI is InChI=1S/C12H10Cl2IN3O/c1-2-18-11(14)9(13)10(17-18)12(19)16-8-5-3-7(15)4-6-8/h3-6H,2H2,1H3,(H,16,19). The predicted octanol–water partition coefficient (Wildman–Crippen LogP) is 4.07. The van der Waals surface area contributed by atoms with Crippen LogP contribution in [0.2, 0.25) is 10.2 Å². The van der Waals surface area contributed by atoms with E-state index in [-0.39, 0.29) is 21.8 Å². The Bertz CT molecular complexity index is 610. The van der Waals surface area contributed by atoms with Crippen molar-refractivity contribution < 1.29 is 4.79 Å². The van der Waals surface area contributed by atoms with Gasteiger partial charge in [0.25, 0.3) is 5.91 Å². The Labute approximate surface area is 134 Å². The van der Waals surface area contributed by atoms with E-state index < -0.39 is 0 Å². The molecule has 0 saturated carbocycles. The Balaban J connectivity index is 2.23. The van der Waals surface area contributed by atoms with Gasteiger partial charge in [-0.1, -0.05) is 23.2 Å². The van der Waals surface area contributed by atoms with E-state index in [1.54, 1.807) is 0 Å². The molecule has 4 nitrogen and oxygen atoms in total. The molecule has 2 rings (SSSR count). The maximum atomic E-state index is 12.1. The molecule has 1 aromatic heterocycles. The highest BCUT2D eigenvalue weighted by Crippen LogP contribution is 2.26. The van der Waals surface area contributed by atoms with Crippen LogP contribution in [0, 0.1) is 3.57 Å². The zero-order chi connectivity index (χ0) is 14.0. The summed E-state index contributed by atoms with van der Waals surface area (Å²) in [5.74, 6) is -0.375. The molecule has 0 radical (unpaired) electrons. The summed E-state index contributed by atoms with van der Waals surface area (Å²) in [6, 6.07) is 7.42.